The van der Waals surface area contributed by atoms with Gasteiger partial charge in [0, 0.05) is 42.0 Å². The average molecular weight is 601 g/mol. The predicted octanol–water partition coefficient (Wildman–Crippen LogP) is 5.92. The number of anilines is 1. The van der Waals surface area contributed by atoms with E-state index in [1.807, 2.05) is 0 Å². The van der Waals surface area contributed by atoms with E-state index in [-0.39, 0.29) is 22.1 Å². The summed E-state index contributed by atoms with van der Waals surface area (Å²) < 4.78 is 30.6. The van der Waals surface area contributed by atoms with Crippen LogP contribution in [-0.2, 0) is 10.0 Å². The molecule has 1 aliphatic heterocycles. The first-order valence-corrected chi connectivity index (χ1v) is 15.1. The summed E-state index contributed by atoms with van der Waals surface area (Å²) in [5.74, 6) is 1.23. The Morgan fingerprint density at radius 2 is 1.97 bits per heavy atom. The van der Waals surface area contributed by atoms with E-state index in [0.29, 0.717) is 24.7 Å². The SMILES string of the molecule is O=S(=O)(c1cccc(Cl)c1)N1CCCC(CNc2cc([C@H]3CCCCC3Cl)nc3c(Br)cnn23)C1. The highest BCUT2D eigenvalue weighted by Gasteiger charge is 2.31. The fraction of sp³-hybridized carbons (Fsp3) is 0.500. The number of nitrogens with one attached hydrogen (secondary N) is 1. The first-order chi connectivity index (χ1) is 16.8. The molecule has 5 rings (SSSR count). The lowest BCUT2D eigenvalue weighted by Gasteiger charge is -2.32. The van der Waals surface area contributed by atoms with Crippen LogP contribution in [0.15, 0.2) is 45.9 Å². The fourth-order valence-electron chi connectivity index (χ4n) is 5.13. The quantitative estimate of drug-likeness (QED) is 0.355. The maximum atomic E-state index is 13.2. The minimum Gasteiger partial charge on any atom is -0.370 e. The minimum atomic E-state index is -3.59. The van der Waals surface area contributed by atoms with Crippen LogP contribution >= 0.6 is 39.1 Å². The minimum absolute atomic E-state index is 0.0804. The summed E-state index contributed by atoms with van der Waals surface area (Å²) in [7, 11) is -3.59. The van der Waals surface area contributed by atoms with Crippen LogP contribution < -0.4 is 5.32 Å². The molecule has 1 saturated heterocycles. The number of halogens is 3. The number of hydrogen-bond donors (Lipinski definition) is 1. The van der Waals surface area contributed by atoms with Gasteiger partial charge < -0.3 is 5.32 Å². The number of rotatable bonds is 6. The second-order valence-electron chi connectivity index (χ2n) is 9.41. The summed E-state index contributed by atoms with van der Waals surface area (Å²) in [5.41, 5.74) is 1.74. The number of hydrogen-bond acceptors (Lipinski definition) is 5. The van der Waals surface area contributed by atoms with E-state index < -0.39 is 10.0 Å². The monoisotopic (exact) mass is 599 g/mol. The molecule has 0 radical (unpaired) electrons. The van der Waals surface area contributed by atoms with Crippen molar-refractivity contribution < 1.29 is 8.42 Å². The van der Waals surface area contributed by atoms with E-state index in [9.17, 15) is 8.42 Å². The van der Waals surface area contributed by atoms with E-state index in [1.54, 1.807) is 33.2 Å². The van der Waals surface area contributed by atoms with Crippen molar-refractivity contribution in [2.45, 2.75) is 54.7 Å². The standard InChI is InChI=1S/C24H28BrCl2N5O2S/c25-20-14-29-32-23(12-22(30-24(20)32)19-8-1-2-9-21(19)27)28-13-16-5-4-10-31(15-16)35(33,34)18-7-3-6-17(26)11-18/h3,6-7,11-12,14,16,19,21,28H,1-2,4-5,8-10,13,15H2/t16?,19-,21?/m0/s1. The van der Waals surface area contributed by atoms with Crippen molar-refractivity contribution in [3.63, 3.8) is 0 Å². The third kappa shape index (κ3) is 5.34. The van der Waals surface area contributed by atoms with Gasteiger partial charge in [-0.2, -0.15) is 13.9 Å². The van der Waals surface area contributed by atoms with Crippen LogP contribution in [0.25, 0.3) is 5.65 Å². The molecule has 0 amide bonds. The van der Waals surface area contributed by atoms with E-state index in [4.69, 9.17) is 28.2 Å². The lowest BCUT2D eigenvalue weighted by Crippen LogP contribution is -2.41. The molecule has 1 aromatic carbocycles. The zero-order valence-corrected chi connectivity index (χ0v) is 23.1. The van der Waals surface area contributed by atoms with Crippen molar-refractivity contribution in [1.29, 1.82) is 0 Å². The van der Waals surface area contributed by atoms with Gasteiger partial charge in [-0.05, 0) is 65.7 Å². The zero-order valence-electron chi connectivity index (χ0n) is 19.2. The van der Waals surface area contributed by atoms with Gasteiger partial charge in [-0.1, -0.05) is 30.5 Å². The Hall–Kier alpha value is -1.39. The number of sulfonamides is 1. The smallest absolute Gasteiger partial charge is 0.243 e. The molecule has 0 bridgehead atoms. The molecule has 7 nitrogen and oxygen atoms in total. The van der Waals surface area contributed by atoms with Gasteiger partial charge in [0.2, 0.25) is 10.0 Å². The Labute approximate surface area is 224 Å². The Balaban J connectivity index is 1.34. The molecular weight excluding hydrogens is 573 g/mol. The van der Waals surface area contributed by atoms with E-state index in [0.717, 1.165) is 60.2 Å². The summed E-state index contributed by atoms with van der Waals surface area (Å²) in [5, 5.41) is 8.52. The topological polar surface area (TPSA) is 79.6 Å². The molecule has 35 heavy (non-hydrogen) atoms. The summed E-state index contributed by atoms with van der Waals surface area (Å²) >= 11 is 16.3. The third-order valence-electron chi connectivity index (χ3n) is 7.00. The number of fused-ring (bicyclic) bond motifs is 1. The van der Waals surface area contributed by atoms with E-state index in [2.05, 4.69) is 32.4 Å². The van der Waals surface area contributed by atoms with Gasteiger partial charge in [-0.3, -0.25) is 0 Å². The lowest BCUT2D eigenvalue weighted by molar-refractivity contribution is 0.275. The first-order valence-electron chi connectivity index (χ1n) is 12.0. The Kier molecular flexibility index (Phi) is 7.61. The zero-order chi connectivity index (χ0) is 24.6. The molecule has 2 unspecified atom stereocenters. The normalized spacial score (nSPS) is 24.0. The number of alkyl halides is 1. The van der Waals surface area contributed by atoms with Gasteiger partial charge in [0.05, 0.1) is 21.3 Å². The Morgan fingerprint density at radius 3 is 2.77 bits per heavy atom. The molecular formula is C24H28BrCl2N5O2S. The molecule has 0 spiro atoms. The molecule has 2 fully saturated rings. The van der Waals surface area contributed by atoms with Crippen molar-refractivity contribution in [3.8, 4) is 0 Å². The van der Waals surface area contributed by atoms with Crippen LogP contribution in [0.1, 0.15) is 50.1 Å². The van der Waals surface area contributed by atoms with Crippen LogP contribution in [-0.4, -0.2) is 52.3 Å². The highest BCUT2D eigenvalue weighted by molar-refractivity contribution is 9.10. The van der Waals surface area contributed by atoms with Gasteiger partial charge in [-0.15, -0.1) is 11.6 Å². The van der Waals surface area contributed by atoms with Crippen molar-refractivity contribution in [1.82, 2.24) is 18.9 Å². The molecule has 3 atom stereocenters. The van der Waals surface area contributed by atoms with Crippen molar-refractivity contribution in [2.75, 3.05) is 25.0 Å². The van der Waals surface area contributed by atoms with Crippen LogP contribution in [0, 0.1) is 5.92 Å². The lowest BCUT2D eigenvalue weighted by atomic mass is 9.86. The highest BCUT2D eigenvalue weighted by Crippen LogP contribution is 2.37. The molecule has 1 N–H and O–H groups in total. The molecule has 1 aliphatic carbocycles. The maximum Gasteiger partial charge on any atom is 0.243 e. The third-order valence-corrected chi connectivity index (χ3v) is 10.2. The first kappa shape index (κ1) is 25.3. The number of piperidine rings is 1. The molecule has 188 valence electrons. The Morgan fingerprint density at radius 1 is 1.14 bits per heavy atom. The van der Waals surface area contributed by atoms with Crippen molar-refractivity contribution in [2.24, 2.45) is 5.92 Å². The van der Waals surface area contributed by atoms with Gasteiger partial charge in [0.25, 0.3) is 0 Å². The van der Waals surface area contributed by atoms with Crippen LogP contribution in [0.4, 0.5) is 5.82 Å². The molecule has 3 heterocycles. The predicted molar refractivity (Wildman–Crippen MR) is 143 cm³/mol. The van der Waals surface area contributed by atoms with Gasteiger partial charge >= 0.3 is 0 Å². The molecule has 2 aliphatic rings. The number of aromatic nitrogens is 3. The van der Waals surface area contributed by atoms with E-state index >= 15 is 0 Å². The molecule has 11 heteroatoms. The average Bonchev–Trinajstić information content (AvgIpc) is 3.23. The van der Waals surface area contributed by atoms with Crippen LogP contribution in [0.5, 0.6) is 0 Å². The second-order valence-corrected chi connectivity index (χ2v) is 13.2. The number of nitrogens with zero attached hydrogens (tertiary/aromatic N) is 4. The number of benzene rings is 1. The van der Waals surface area contributed by atoms with Crippen LogP contribution in [0.3, 0.4) is 0 Å². The van der Waals surface area contributed by atoms with Gasteiger partial charge in [0.1, 0.15) is 5.82 Å². The van der Waals surface area contributed by atoms with Crippen molar-refractivity contribution >= 4 is 60.6 Å². The van der Waals surface area contributed by atoms with Crippen molar-refractivity contribution in [3.05, 3.63) is 51.7 Å². The summed E-state index contributed by atoms with van der Waals surface area (Å²) in [6.07, 6.45) is 7.85. The molecule has 1 saturated carbocycles. The summed E-state index contributed by atoms with van der Waals surface area (Å²) in [6.45, 7) is 1.60. The molecule has 2 aromatic heterocycles. The summed E-state index contributed by atoms with van der Waals surface area (Å²) in [4.78, 5) is 5.12. The van der Waals surface area contributed by atoms with Crippen LogP contribution in [0.2, 0.25) is 5.02 Å². The van der Waals surface area contributed by atoms with E-state index in [1.165, 1.54) is 6.07 Å². The van der Waals surface area contributed by atoms with Gasteiger partial charge in [0.15, 0.2) is 5.65 Å². The highest BCUT2D eigenvalue weighted by atomic mass is 79.9. The Bertz CT molecular complexity index is 1320. The summed E-state index contributed by atoms with van der Waals surface area (Å²) in [6, 6.07) is 8.52. The molecule has 3 aromatic rings. The maximum absolute atomic E-state index is 13.2. The fourth-order valence-corrected chi connectivity index (χ4v) is 7.74. The van der Waals surface area contributed by atoms with Gasteiger partial charge in [-0.25, -0.2) is 13.4 Å². The largest absolute Gasteiger partial charge is 0.370 e. The second kappa shape index (κ2) is 10.5.